The molecule has 0 aliphatic heterocycles. The molecular formula is C13H14FNO4Si. The number of benzene rings is 1. The Bertz CT molecular complexity index is 626. The largest absolute Gasteiger partial charge is 0.502 e. The lowest BCUT2D eigenvalue weighted by atomic mass is 10.0. The van der Waals surface area contributed by atoms with E-state index in [1.54, 1.807) is 0 Å². The van der Waals surface area contributed by atoms with Crippen LogP contribution in [0.15, 0.2) is 6.07 Å². The predicted molar refractivity (Wildman–Crippen MR) is 74.7 cm³/mol. The lowest BCUT2D eigenvalue weighted by Gasteiger charge is -2.07. The van der Waals surface area contributed by atoms with Crippen molar-refractivity contribution in [2.24, 2.45) is 0 Å². The van der Waals surface area contributed by atoms with Gasteiger partial charge in [-0.15, -0.1) is 5.54 Å². The highest BCUT2D eigenvalue weighted by molar-refractivity contribution is 6.83. The minimum Gasteiger partial charge on any atom is -0.502 e. The molecule has 0 radical (unpaired) electrons. The van der Waals surface area contributed by atoms with Gasteiger partial charge in [-0.3, -0.25) is 10.1 Å². The number of halogens is 1. The summed E-state index contributed by atoms with van der Waals surface area (Å²) in [6.07, 6.45) is 0.136. The zero-order valence-corrected chi connectivity index (χ0v) is 12.4. The van der Waals surface area contributed by atoms with E-state index in [-0.39, 0.29) is 12.0 Å². The molecule has 0 saturated heterocycles. The number of nitro benzene ring substituents is 1. The molecule has 0 bridgehead atoms. The number of nitro groups is 1. The van der Waals surface area contributed by atoms with E-state index >= 15 is 0 Å². The fourth-order valence-electron chi connectivity index (χ4n) is 1.47. The summed E-state index contributed by atoms with van der Waals surface area (Å²) in [4.78, 5) is 20.6. The molecule has 1 rings (SSSR count). The Hall–Kier alpha value is -2.20. The van der Waals surface area contributed by atoms with E-state index in [2.05, 4.69) is 11.5 Å². The number of aromatic hydroxyl groups is 1. The molecule has 0 unspecified atom stereocenters. The standard InChI is InChI=1S/C13H14FNO4Si/c1-20(2,3)7-5-10-11(14)8-9(4-6-16)13(17)12(10)15(18)19/h6,8,17H,4H2,1-3H3. The molecule has 5 nitrogen and oxygen atoms in total. The van der Waals surface area contributed by atoms with Gasteiger partial charge < -0.3 is 9.90 Å². The van der Waals surface area contributed by atoms with Crippen LogP contribution >= 0.6 is 0 Å². The Morgan fingerprint density at radius 2 is 2.10 bits per heavy atom. The third-order valence-electron chi connectivity index (χ3n) is 2.35. The van der Waals surface area contributed by atoms with Gasteiger partial charge in [0.1, 0.15) is 25.7 Å². The van der Waals surface area contributed by atoms with Crippen molar-refractivity contribution in [3.05, 3.63) is 33.1 Å². The Morgan fingerprint density at radius 3 is 2.55 bits per heavy atom. The first-order chi connectivity index (χ1) is 9.17. The molecule has 1 N–H and O–H groups in total. The maximum atomic E-state index is 13.9. The van der Waals surface area contributed by atoms with Crippen LogP contribution in [0.1, 0.15) is 11.1 Å². The van der Waals surface area contributed by atoms with Gasteiger partial charge in [0.25, 0.3) is 0 Å². The first-order valence-electron chi connectivity index (χ1n) is 5.83. The van der Waals surface area contributed by atoms with Gasteiger partial charge in [-0.2, -0.15) is 0 Å². The third kappa shape index (κ3) is 3.65. The lowest BCUT2D eigenvalue weighted by molar-refractivity contribution is -0.386. The van der Waals surface area contributed by atoms with Crippen LogP contribution in [0, 0.1) is 27.4 Å². The van der Waals surface area contributed by atoms with Gasteiger partial charge >= 0.3 is 5.69 Å². The van der Waals surface area contributed by atoms with Crippen LogP contribution in [-0.4, -0.2) is 24.4 Å². The predicted octanol–water partition coefficient (Wildman–Crippen LogP) is 2.41. The maximum Gasteiger partial charge on any atom is 0.329 e. The van der Waals surface area contributed by atoms with E-state index < -0.39 is 35.8 Å². The van der Waals surface area contributed by atoms with Gasteiger partial charge in [-0.25, -0.2) is 4.39 Å². The van der Waals surface area contributed by atoms with Gasteiger partial charge in [-0.05, 0) is 6.07 Å². The number of nitrogens with zero attached hydrogens (tertiary/aromatic N) is 1. The summed E-state index contributed by atoms with van der Waals surface area (Å²) in [5.41, 5.74) is 1.47. The van der Waals surface area contributed by atoms with Crippen molar-refractivity contribution in [2.45, 2.75) is 26.1 Å². The van der Waals surface area contributed by atoms with E-state index in [4.69, 9.17) is 0 Å². The van der Waals surface area contributed by atoms with Crippen LogP contribution < -0.4 is 0 Å². The first kappa shape index (κ1) is 15.9. The first-order valence-corrected chi connectivity index (χ1v) is 9.33. The summed E-state index contributed by atoms with van der Waals surface area (Å²) in [7, 11) is -1.85. The summed E-state index contributed by atoms with van der Waals surface area (Å²) in [6.45, 7) is 5.72. The zero-order valence-electron chi connectivity index (χ0n) is 11.4. The van der Waals surface area contributed by atoms with Gasteiger partial charge in [0.05, 0.1) is 4.92 Å². The zero-order chi connectivity index (χ0) is 15.5. The number of carbonyl (C=O) groups is 1. The van der Waals surface area contributed by atoms with Crippen LogP contribution in [0.5, 0.6) is 5.75 Å². The normalized spacial score (nSPS) is 10.6. The topological polar surface area (TPSA) is 80.4 Å². The van der Waals surface area contributed by atoms with Gasteiger partial charge in [0, 0.05) is 12.0 Å². The van der Waals surface area contributed by atoms with Crippen molar-refractivity contribution in [3.8, 4) is 17.2 Å². The van der Waals surface area contributed by atoms with E-state index in [0.717, 1.165) is 6.07 Å². The second-order valence-corrected chi connectivity index (χ2v) is 9.97. The quantitative estimate of drug-likeness (QED) is 0.305. The fraction of sp³-hybridized carbons (Fsp3) is 0.308. The molecule has 0 aliphatic rings. The summed E-state index contributed by atoms with van der Waals surface area (Å²) in [5, 5.41) is 20.8. The molecule has 0 amide bonds. The molecule has 0 fully saturated rings. The van der Waals surface area contributed by atoms with Crippen LogP contribution in [0.2, 0.25) is 19.6 Å². The Kier molecular flexibility index (Phi) is 4.63. The van der Waals surface area contributed by atoms with Gasteiger partial charge in [0.2, 0.25) is 0 Å². The number of hydrogen-bond acceptors (Lipinski definition) is 4. The molecule has 0 spiro atoms. The summed E-state index contributed by atoms with van der Waals surface area (Å²) in [6, 6.07) is 0.908. The highest BCUT2D eigenvalue weighted by Gasteiger charge is 2.26. The number of hydrogen-bond donors (Lipinski definition) is 1. The number of phenolic OH excluding ortho intramolecular Hbond substituents is 1. The van der Waals surface area contributed by atoms with E-state index in [0.29, 0.717) is 6.29 Å². The van der Waals surface area contributed by atoms with E-state index in [9.17, 15) is 24.4 Å². The van der Waals surface area contributed by atoms with Gasteiger partial charge in [0.15, 0.2) is 5.75 Å². The fourth-order valence-corrected chi connectivity index (χ4v) is 1.97. The minimum atomic E-state index is -1.85. The number of rotatable bonds is 3. The van der Waals surface area contributed by atoms with Crippen molar-refractivity contribution < 1.29 is 19.2 Å². The second-order valence-electron chi connectivity index (χ2n) is 5.22. The molecule has 106 valence electrons. The molecule has 0 heterocycles. The van der Waals surface area contributed by atoms with Crippen LogP contribution in [0.25, 0.3) is 0 Å². The monoisotopic (exact) mass is 295 g/mol. The average molecular weight is 295 g/mol. The molecule has 0 aromatic heterocycles. The number of phenols is 1. The van der Waals surface area contributed by atoms with Crippen molar-refractivity contribution in [1.82, 2.24) is 0 Å². The number of aldehydes is 1. The molecule has 7 heteroatoms. The Morgan fingerprint density at radius 1 is 1.50 bits per heavy atom. The average Bonchev–Trinajstić information content (AvgIpc) is 2.30. The van der Waals surface area contributed by atoms with E-state index in [1.165, 1.54) is 0 Å². The molecule has 0 saturated carbocycles. The van der Waals surface area contributed by atoms with Crippen LogP contribution in [-0.2, 0) is 11.2 Å². The van der Waals surface area contributed by atoms with Crippen molar-refractivity contribution in [3.63, 3.8) is 0 Å². The highest BCUT2D eigenvalue weighted by Crippen LogP contribution is 2.35. The highest BCUT2D eigenvalue weighted by atomic mass is 28.3. The van der Waals surface area contributed by atoms with Crippen molar-refractivity contribution in [1.29, 1.82) is 0 Å². The lowest BCUT2D eigenvalue weighted by Crippen LogP contribution is -2.16. The van der Waals surface area contributed by atoms with Gasteiger partial charge in [-0.1, -0.05) is 25.6 Å². The van der Waals surface area contributed by atoms with E-state index in [1.807, 2.05) is 19.6 Å². The van der Waals surface area contributed by atoms with Crippen LogP contribution in [0.4, 0.5) is 10.1 Å². The molecule has 0 atom stereocenters. The summed E-state index contributed by atoms with van der Waals surface area (Å²) >= 11 is 0. The molecular weight excluding hydrogens is 281 g/mol. The molecule has 20 heavy (non-hydrogen) atoms. The second kappa shape index (κ2) is 5.84. The number of carbonyl (C=O) groups excluding carboxylic acids is 1. The maximum absolute atomic E-state index is 13.9. The SMILES string of the molecule is C[Si](C)(C)C#Cc1c(F)cc(CC=O)c(O)c1[N+](=O)[O-]. The smallest absolute Gasteiger partial charge is 0.329 e. The third-order valence-corrected chi connectivity index (χ3v) is 3.23. The molecule has 1 aromatic carbocycles. The summed E-state index contributed by atoms with van der Waals surface area (Å²) < 4.78 is 13.9. The molecule has 0 aliphatic carbocycles. The minimum absolute atomic E-state index is 0.122. The summed E-state index contributed by atoms with van der Waals surface area (Å²) in [5.74, 6) is 0.849. The van der Waals surface area contributed by atoms with Crippen molar-refractivity contribution in [2.75, 3.05) is 0 Å². The Labute approximate surface area is 116 Å². The van der Waals surface area contributed by atoms with Crippen LogP contribution in [0.3, 0.4) is 0 Å². The Balaban J connectivity index is 3.58. The molecule has 1 aromatic rings. The van der Waals surface area contributed by atoms with Crippen molar-refractivity contribution >= 4 is 20.0 Å².